The fraction of sp³-hybridized carbons (Fsp3) is 0.698. The van der Waals surface area contributed by atoms with Crippen LogP contribution in [0.3, 0.4) is 0 Å². The van der Waals surface area contributed by atoms with Gasteiger partial charge in [-0.1, -0.05) is 30.3 Å². The molecule has 8 N–H and O–H groups in total. The molecule has 4 heterocycles. The van der Waals surface area contributed by atoms with Gasteiger partial charge in [0.2, 0.25) is 0 Å². The van der Waals surface area contributed by atoms with Crippen molar-refractivity contribution in [1.82, 2.24) is 36.2 Å². The summed E-state index contributed by atoms with van der Waals surface area (Å²) in [6, 6.07) is 6.36. The molecule has 35 heteroatoms. The van der Waals surface area contributed by atoms with Crippen molar-refractivity contribution in [3.8, 4) is 0 Å². The van der Waals surface area contributed by atoms with Gasteiger partial charge in [0.1, 0.15) is 47.6 Å². The number of hydroxylamine groups is 8. The molecule has 0 unspecified atom stereocenters. The summed E-state index contributed by atoms with van der Waals surface area (Å²) in [6.45, 7) is 28.7. The highest BCUT2D eigenvalue weighted by molar-refractivity contribution is 7.81. The molecule has 78 heavy (non-hydrogen) atoms. The number of hydrogen-bond donors (Lipinski definition) is 7. The van der Waals surface area contributed by atoms with Crippen molar-refractivity contribution < 1.29 is 111 Å². The van der Waals surface area contributed by atoms with Crippen LogP contribution in [-0.4, -0.2) is 176 Å². The second kappa shape index (κ2) is 26.8. The first-order chi connectivity index (χ1) is 35.2. The Morgan fingerprint density at radius 1 is 0.615 bits per heavy atom. The number of carbonyl (C=O) groups is 7. The molecule has 0 aromatic heterocycles. The van der Waals surface area contributed by atoms with E-state index in [4.69, 9.17) is 47.9 Å². The Labute approximate surface area is 455 Å². The monoisotopic (exact) mass is 1190 g/mol. The number of halogens is 1. The Kier molecular flexibility index (Phi) is 24.1. The molecular formula is C43H73FN8O23S3. The number of carbonyl (C=O) groups excluding carboxylic acids is 7. The summed E-state index contributed by atoms with van der Waals surface area (Å²) < 4.78 is 123. The molecule has 448 valence electrons. The van der Waals surface area contributed by atoms with Gasteiger partial charge in [0.25, 0.3) is 23.6 Å². The average molecular weight is 1190 g/mol. The molecule has 4 aliphatic rings. The van der Waals surface area contributed by atoms with Crippen LogP contribution in [0.15, 0.2) is 30.3 Å². The first-order valence-electron chi connectivity index (χ1n) is 23.3. The van der Waals surface area contributed by atoms with Gasteiger partial charge >= 0.3 is 49.7 Å². The molecule has 0 radical (unpaired) electrons. The topological polar surface area (TPSA) is 430 Å². The van der Waals surface area contributed by atoms with Gasteiger partial charge in [0, 0.05) is 0 Å². The fourth-order valence-corrected chi connectivity index (χ4v) is 7.34. The van der Waals surface area contributed by atoms with E-state index in [1.807, 2.05) is 44.2 Å². The van der Waals surface area contributed by atoms with Crippen LogP contribution >= 0.6 is 0 Å². The first-order valence-corrected chi connectivity index (χ1v) is 26.4. The average Bonchev–Trinajstić information content (AvgIpc) is 3.25. The smallest absolute Gasteiger partial charge is 0.425 e. The molecule has 0 spiro atoms. The van der Waals surface area contributed by atoms with Crippen LogP contribution in [0.5, 0.6) is 0 Å². The van der Waals surface area contributed by atoms with Crippen molar-refractivity contribution in [3.05, 3.63) is 35.9 Å². The van der Waals surface area contributed by atoms with Crippen LogP contribution < -0.4 is 21.7 Å². The van der Waals surface area contributed by atoms with Gasteiger partial charge in [0.05, 0.1) is 30.7 Å². The van der Waals surface area contributed by atoms with Gasteiger partial charge in [-0.3, -0.25) is 42.7 Å². The van der Waals surface area contributed by atoms with Gasteiger partial charge < -0.3 is 35.9 Å². The van der Waals surface area contributed by atoms with Crippen LogP contribution in [0.2, 0.25) is 0 Å². The maximum atomic E-state index is 12.2. The third kappa shape index (κ3) is 21.7. The second-order valence-corrected chi connectivity index (χ2v) is 24.3. The first kappa shape index (κ1) is 70.1. The second-order valence-electron chi connectivity index (χ2n) is 21.8. The molecule has 0 saturated carbocycles. The van der Waals surface area contributed by atoms with E-state index in [1.54, 1.807) is 76.2 Å². The van der Waals surface area contributed by atoms with Gasteiger partial charge in [-0.05, 0) is 123 Å². The van der Waals surface area contributed by atoms with E-state index in [2.05, 4.69) is 24.5 Å². The lowest BCUT2D eigenvalue weighted by Crippen LogP contribution is -2.76. The van der Waals surface area contributed by atoms with E-state index in [9.17, 15) is 60.0 Å². The zero-order chi connectivity index (χ0) is 62.6. The summed E-state index contributed by atoms with van der Waals surface area (Å²) >= 11 is 0. The Hall–Kier alpha value is -5.92. The third-order valence-corrected chi connectivity index (χ3v) is 11.0. The molecule has 4 saturated heterocycles. The molecule has 1 aromatic rings. The molecule has 4 aliphatic heterocycles. The lowest BCUT2D eigenvalue weighted by atomic mass is 9.84. The van der Waals surface area contributed by atoms with E-state index in [0.29, 0.717) is 21.8 Å². The van der Waals surface area contributed by atoms with E-state index < -0.39 is 138 Å². The van der Waals surface area contributed by atoms with E-state index in [0.717, 1.165) is 5.56 Å². The minimum absolute atomic E-state index is 0.281. The van der Waals surface area contributed by atoms with Crippen LogP contribution in [-0.2, 0) is 84.8 Å². The van der Waals surface area contributed by atoms with Gasteiger partial charge in [0.15, 0.2) is 0 Å². The van der Waals surface area contributed by atoms with Gasteiger partial charge in [-0.25, -0.2) is 24.5 Å². The van der Waals surface area contributed by atoms with E-state index in [-0.39, 0.29) is 5.91 Å². The number of ether oxygens (including phenoxy) is 3. The van der Waals surface area contributed by atoms with Crippen LogP contribution in [0.4, 0.5) is 18.8 Å². The summed E-state index contributed by atoms with van der Waals surface area (Å²) in [5.74, 6) is -2.30. The number of β-lactam (4-membered cyclic amide) rings is 4. The minimum Gasteiger partial charge on any atom is -0.444 e. The quantitative estimate of drug-likeness (QED) is 0.0762. The van der Waals surface area contributed by atoms with Crippen molar-refractivity contribution in [2.75, 3.05) is 7.15 Å². The molecular weight excluding hydrogens is 1110 g/mol. The lowest BCUT2D eigenvalue weighted by Gasteiger charge is -2.51. The highest BCUT2D eigenvalue weighted by atomic mass is 32.3. The van der Waals surface area contributed by atoms with Gasteiger partial charge in [-0.15, -0.1) is 21.2 Å². The summed E-state index contributed by atoms with van der Waals surface area (Å²) in [6.07, 6.45) is -2.07. The fourth-order valence-electron chi connectivity index (χ4n) is 6.43. The molecule has 0 bridgehead atoms. The van der Waals surface area contributed by atoms with E-state index in [1.165, 1.54) is 32.8 Å². The predicted octanol–water partition coefficient (Wildman–Crippen LogP) is 2.01. The van der Waals surface area contributed by atoms with Crippen molar-refractivity contribution in [3.63, 3.8) is 0 Å². The molecule has 0 aliphatic carbocycles. The maximum Gasteiger partial charge on any atom is 0.425 e. The Balaban J connectivity index is 0.00000100. The Morgan fingerprint density at radius 2 is 0.910 bits per heavy atom. The zero-order valence-corrected chi connectivity index (χ0v) is 48.5. The molecule has 7 amide bonds. The number of alkyl carbamates (subject to hydrolysis) is 3. The normalized spacial score (nSPS) is 21.5. The summed E-state index contributed by atoms with van der Waals surface area (Å²) in [5.41, 5.74) is 0.878. The lowest BCUT2D eigenvalue weighted by molar-refractivity contribution is -0.263. The number of benzene rings is 1. The number of amides is 7. The number of nitrogens with two attached hydrogens (primary N) is 1. The van der Waals surface area contributed by atoms with Crippen LogP contribution in [0, 0.1) is 0 Å². The van der Waals surface area contributed by atoms with Crippen molar-refractivity contribution >= 4 is 73.3 Å². The minimum atomic E-state index is -4.81. The Morgan fingerprint density at radius 3 is 1.18 bits per heavy atom. The Bertz CT molecular complexity index is 2680. The zero-order valence-electron chi connectivity index (χ0n) is 47.1. The number of nitrogens with zero attached hydrogens (tertiary/aromatic N) is 4. The number of nitrogens with one attached hydrogen (secondary N) is 3. The molecule has 1 aromatic carbocycles. The van der Waals surface area contributed by atoms with Gasteiger partial charge in [-0.2, -0.15) is 27.0 Å². The highest BCUT2D eigenvalue weighted by Crippen LogP contribution is 2.35. The molecule has 4 fully saturated rings. The van der Waals surface area contributed by atoms with Crippen LogP contribution in [0.25, 0.3) is 0 Å². The van der Waals surface area contributed by atoms with Crippen molar-refractivity contribution in [1.29, 1.82) is 0 Å². The molecule has 4 atom stereocenters. The third-order valence-electron chi connectivity index (χ3n) is 10.3. The number of alkyl halides is 1. The van der Waals surface area contributed by atoms with E-state index >= 15 is 0 Å². The van der Waals surface area contributed by atoms with Crippen LogP contribution in [0.1, 0.15) is 125 Å². The predicted molar refractivity (Wildman–Crippen MR) is 266 cm³/mol. The summed E-state index contributed by atoms with van der Waals surface area (Å²) in [5, 5.41) is 19.5. The SMILES string of the molecule is CC(C)(C)OC(=O)N[C@@H]1C(=O)N(O)C1(C)C.CC(C)(C)OC(=O)N[C@@H]1C(=O)N(OCc2ccccc2)C1(C)C.CC(C)(C)OC(=O)N[C@@H]1C(=O)N(OS(=O)(=O)O)C1(C)C.CC1(C)[C@H](N)C(=O)N1OS(=O)(=O)O.O=S(=O)=O.[2H]CF. The summed E-state index contributed by atoms with van der Waals surface area (Å²) in [4.78, 5) is 86.6. The van der Waals surface area contributed by atoms with Crippen molar-refractivity contribution in [2.45, 2.75) is 187 Å². The largest absolute Gasteiger partial charge is 0.444 e. The number of hydrogen-bond acceptors (Lipinski definition) is 22. The molecule has 31 nitrogen and oxygen atoms in total. The number of rotatable bonds is 10. The summed E-state index contributed by atoms with van der Waals surface area (Å²) in [7, 11) is -13.6. The standard InChI is InChI=1S/C17H24N2O4.C10H18N2O7S.C10H18N2O4.C5H10N2O5S.CH3F.O3S/c1-16(2,3)23-15(21)18-13-14(20)19(17(13,4)5)22-11-12-9-7-6-8-10-12;1-9(2,3)18-8(14)11-6-7(13)12(10(6,4)5)19-20(15,16)17;1-9(2,3)16-8(14)11-6-7(13)12(15)10(6,4)5;1-5(2)3(6)4(8)7(5)12-13(9,10)11;1-2;1-4(2)3/h6-10,13H,11H2,1-5H3,(H,18,21);6H,1-5H3,(H,11,14)(H,15,16,17);6,15H,1-5H3,(H,11,14);3H,6H2,1-2H3,(H,9,10,11);1H3;/t13-;2*6-;3-;;/m1111../s1/i;;;;1D;. The van der Waals surface area contributed by atoms with Crippen molar-refractivity contribution in [2.24, 2.45) is 5.73 Å². The highest BCUT2D eigenvalue weighted by Gasteiger charge is 2.59. The molecule has 5 rings (SSSR count). The maximum absolute atomic E-state index is 12.2.